The maximum atomic E-state index is 2.36. The van der Waals surface area contributed by atoms with Crippen molar-refractivity contribution in [1.82, 2.24) is 0 Å². The SMILES string of the molecule is CP(c1cc2ccccc2[cH-]1)c1cc2ccccc2[cH-]1.[F-].[F-].[Hf+4]. The van der Waals surface area contributed by atoms with Crippen LogP contribution in [0.3, 0.4) is 0 Å². The Morgan fingerprint density at radius 2 is 1.09 bits per heavy atom. The Labute approximate surface area is 154 Å². The first-order valence-electron chi connectivity index (χ1n) is 6.86. The number of benzene rings is 2. The van der Waals surface area contributed by atoms with Crippen LogP contribution in [0.4, 0.5) is 0 Å². The molecule has 23 heavy (non-hydrogen) atoms. The van der Waals surface area contributed by atoms with Crippen molar-refractivity contribution in [1.29, 1.82) is 0 Å². The predicted molar refractivity (Wildman–Crippen MR) is 91.2 cm³/mol. The minimum Gasteiger partial charge on any atom is -1.00 e. The van der Waals surface area contributed by atoms with Crippen LogP contribution in [0.25, 0.3) is 21.5 Å². The third kappa shape index (κ3) is 3.67. The summed E-state index contributed by atoms with van der Waals surface area (Å²) in [6.07, 6.45) is 0. The van der Waals surface area contributed by atoms with E-state index in [1.807, 2.05) is 0 Å². The summed E-state index contributed by atoms with van der Waals surface area (Å²) >= 11 is 0. The molecule has 114 valence electrons. The van der Waals surface area contributed by atoms with Crippen LogP contribution in [0.1, 0.15) is 0 Å². The fraction of sp³-hybridized carbons (Fsp3) is 0.0526. The summed E-state index contributed by atoms with van der Waals surface area (Å²) in [5.41, 5.74) is 0. The van der Waals surface area contributed by atoms with Crippen molar-refractivity contribution in [3.8, 4) is 0 Å². The fourth-order valence-corrected chi connectivity index (χ4v) is 4.43. The molecule has 4 heteroatoms. The smallest absolute Gasteiger partial charge is 1.00 e. The second-order valence-corrected chi connectivity index (χ2v) is 7.39. The molecule has 0 aliphatic carbocycles. The molecule has 0 radical (unpaired) electrons. The Morgan fingerprint density at radius 3 is 1.48 bits per heavy atom. The molecule has 0 atom stereocenters. The summed E-state index contributed by atoms with van der Waals surface area (Å²) in [6.45, 7) is 2.36. The normalized spacial score (nSPS) is 10.2. The molecule has 0 fully saturated rings. The van der Waals surface area contributed by atoms with Crippen molar-refractivity contribution in [2.75, 3.05) is 6.66 Å². The van der Waals surface area contributed by atoms with E-state index >= 15 is 0 Å². The molecule has 0 aromatic heterocycles. The molecule has 4 rings (SSSR count). The van der Waals surface area contributed by atoms with Crippen molar-refractivity contribution < 1.29 is 35.3 Å². The second kappa shape index (κ2) is 8.08. The number of hydrogen-bond acceptors (Lipinski definition) is 0. The largest absolute Gasteiger partial charge is 4.00 e. The van der Waals surface area contributed by atoms with Gasteiger partial charge in [0, 0.05) is 0 Å². The number of hydrogen-bond donors (Lipinski definition) is 0. The topological polar surface area (TPSA) is 0 Å². The molecule has 0 saturated heterocycles. The van der Waals surface area contributed by atoms with Gasteiger partial charge < -0.3 is 9.41 Å². The molecule has 0 aliphatic heterocycles. The zero-order valence-corrected chi connectivity index (χ0v) is 17.1. The molecular formula is C19H15F2HfP. The summed E-state index contributed by atoms with van der Waals surface area (Å²) < 4.78 is 0. The van der Waals surface area contributed by atoms with Crippen LogP contribution < -0.4 is 20.0 Å². The zero-order chi connectivity index (χ0) is 13.5. The van der Waals surface area contributed by atoms with Gasteiger partial charge in [0.2, 0.25) is 0 Å². The van der Waals surface area contributed by atoms with E-state index in [0.29, 0.717) is 0 Å². The summed E-state index contributed by atoms with van der Waals surface area (Å²) in [7, 11) is -0.264. The Hall–Kier alpha value is -1.18. The standard InChI is InChI=1S/C19H15P.2FH.Hf/c1-20(18-10-14-6-2-3-7-15(14)11-18)19-12-16-8-4-5-9-17(16)13-19;;;/h2-13H,1H3;2*1H;/q-2;;;+4/p-2. The van der Waals surface area contributed by atoms with Crippen LogP contribution >= 0.6 is 7.92 Å². The van der Waals surface area contributed by atoms with E-state index in [0.717, 1.165) is 0 Å². The summed E-state index contributed by atoms with van der Waals surface area (Å²) in [5, 5.41) is 8.36. The van der Waals surface area contributed by atoms with Gasteiger partial charge in [-0.25, -0.2) is 0 Å². The summed E-state index contributed by atoms with van der Waals surface area (Å²) in [4.78, 5) is 0. The Bertz CT molecular complexity index is 754. The third-order valence-corrected chi connectivity index (χ3v) is 6.05. The van der Waals surface area contributed by atoms with Gasteiger partial charge in [0.15, 0.2) is 0 Å². The van der Waals surface area contributed by atoms with Gasteiger partial charge in [0.1, 0.15) is 0 Å². The van der Waals surface area contributed by atoms with E-state index in [1.165, 1.54) is 32.2 Å². The quantitative estimate of drug-likeness (QED) is 0.182. The van der Waals surface area contributed by atoms with Crippen LogP contribution in [0.2, 0.25) is 0 Å². The Balaban J connectivity index is 0.000000882. The van der Waals surface area contributed by atoms with Gasteiger partial charge in [-0.15, -0.1) is 80.7 Å². The molecular weight excluding hydrogens is 476 g/mol. The van der Waals surface area contributed by atoms with E-state index in [2.05, 4.69) is 79.5 Å². The molecule has 0 bridgehead atoms. The maximum absolute atomic E-state index is 2.36. The van der Waals surface area contributed by atoms with Crippen molar-refractivity contribution in [3.05, 3.63) is 72.8 Å². The van der Waals surface area contributed by atoms with Gasteiger partial charge in [-0.1, -0.05) is 20.1 Å². The van der Waals surface area contributed by atoms with E-state index in [-0.39, 0.29) is 43.2 Å². The summed E-state index contributed by atoms with van der Waals surface area (Å²) in [5.74, 6) is 0. The van der Waals surface area contributed by atoms with Gasteiger partial charge in [0.25, 0.3) is 0 Å². The number of fused-ring (bicyclic) bond motifs is 2. The van der Waals surface area contributed by atoms with Gasteiger partial charge in [0.05, 0.1) is 0 Å². The van der Waals surface area contributed by atoms with Gasteiger partial charge in [-0.3, -0.25) is 0 Å². The first-order valence-corrected chi connectivity index (χ1v) is 8.65. The van der Waals surface area contributed by atoms with Crippen LogP contribution in [0.15, 0.2) is 72.8 Å². The average molecular weight is 491 g/mol. The van der Waals surface area contributed by atoms with Crippen LogP contribution in [0, 0.1) is 0 Å². The van der Waals surface area contributed by atoms with E-state index in [9.17, 15) is 0 Å². The molecule has 0 N–H and O–H groups in total. The molecule has 0 saturated carbocycles. The molecule has 0 unspecified atom stereocenters. The molecule has 4 aromatic rings. The first kappa shape index (κ1) is 19.9. The number of rotatable bonds is 2. The monoisotopic (exact) mass is 492 g/mol. The Morgan fingerprint density at radius 1 is 0.696 bits per heavy atom. The third-order valence-electron chi connectivity index (χ3n) is 3.98. The van der Waals surface area contributed by atoms with Gasteiger partial charge in [-0.05, 0) is 6.66 Å². The summed E-state index contributed by atoms with van der Waals surface area (Å²) in [6, 6.07) is 26.6. The van der Waals surface area contributed by atoms with Crippen LogP contribution in [-0.2, 0) is 25.8 Å². The first-order chi connectivity index (χ1) is 9.81. The fourth-order valence-electron chi connectivity index (χ4n) is 2.80. The average Bonchev–Trinajstić information content (AvgIpc) is 3.10. The van der Waals surface area contributed by atoms with E-state index in [4.69, 9.17) is 0 Å². The molecule has 0 heterocycles. The molecule has 4 aromatic carbocycles. The maximum Gasteiger partial charge on any atom is 4.00 e. The van der Waals surface area contributed by atoms with E-state index < -0.39 is 0 Å². The zero-order valence-electron chi connectivity index (χ0n) is 12.6. The van der Waals surface area contributed by atoms with Crippen molar-refractivity contribution in [2.24, 2.45) is 0 Å². The molecule has 0 spiro atoms. The van der Waals surface area contributed by atoms with Crippen LogP contribution in [-0.4, -0.2) is 6.66 Å². The molecule has 0 nitrogen and oxygen atoms in total. The molecule has 0 aliphatic rings. The van der Waals surface area contributed by atoms with Crippen molar-refractivity contribution >= 4 is 40.1 Å². The van der Waals surface area contributed by atoms with Crippen LogP contribution in [0.5, 0.6) is 0 Å². The van der Waals surface area contributed by atoms with Gasteiger partial charge in [-0.2, -0.15) is 12.1 Å². The molecule has 0 amide bonds. The minimum absolute atomic E-state index is 0. The van der Waals surface area contributed by atoms with Crippen molar-refractivity contribution in [3.63, 3.8) is 0 Å². The van der Waals surface area contributed by atoms with Gasteiger partial charge >= 0.3 is 25.8 Å². The van der Waals surface area contributed by atoms with E-state index in [1.54, 1.807) is 0 Å². The minimum atomic E-state index is -0.264. The Kier molecular flexibility index (Phi) is 6.98. The second-order valence-electron chi connectivity index (χ2n) is 5.24. The number of halogens is 2. The predicted octanol–water partition coefficient (Wildman–Crippen LogP) is -1.50. The van der Waals surface area contributed by atoms with Crippen molar-refractivity contribution in [2.45, 2.75) is 0 Å².